The fourth-order valence-corrected chi connectivity index (χ4v) is 2.24. The third-order valence-electron chi connectivity index (χ3n) is 2.37. The van der Waals surface area contributed by atoms with E-state index in [4.69, 9.17) is 5.11 Å². The van der Waals surface area contributed by atoms with Gasteiger partial charge in [0.15, 0.2) is 5.25 Å². The van der Waals surface area contributed by atoms with Crippen LogP contribution in [0.1, 0.15) is 32.6 Å². The minimum absolute atomic E-state index is 0.0747. The van der Waals surface area contributed by atoms with E-state index in [-0.39, 0.29) is 13.0 Å². The van der Waals surface area contributed by atoms with Gasteiger partial charge in [-0.2, -0.15) is 0 Å². The number of nitrogens with one attached hydrogen (secondary N) is 1. The van der Waals surface area contributed by atoms with Gasteiger partial charge in [-0.15, -0.1) is 0 Å². The number of aliphatic carboxylic acids is 1. The zero-order chi connectivity index (χ0) is 14.2. The molecule has 2 N–H and O–H groups in total. The fourth-order valence-electron chi connectivity index (χ4n) is 1.21. The van der Waals surface area contributed by atoms with Crippen LogP contribution >= 0.6 is 0 Å². The zero-order valence-electron chi connectivity index (χ0n) is 10.5. The normalized spacial score (nSPS) is 13.0. The Labute approximate surface area is 107 Å². The van der Waals surface area contributed by atoms with E-state index in [1.54, 1.807) is 0 Å². The van der Waals surface area contributed by atoms with Gasteiger partial charge in [0.2, 0.25) is 10.0 Å². The van der Waals surface area contributed by atoms with Crippen molar-refractivity contribution in [3.63, 3.8) is 0 Å². The van der Waals surface area contributed by atoms with E-state index in [2.05, 4.69) is 9.46 Å². The minimum Gasteiger partial charge on any atom is -0.481 e. The Morgan fingerprint density at radius 2 is 1.89 bits per heavy atom. The smallest absolute Gasteiger partial charge is 0.325 e. The van der Waals surface area contributed by atoms with E-state index in [9.17, 15) is 18.0 Å². The molecule has 0 saturated heterocycles. The van der Waals surface area contributed by atoms with Gasteiger partial charge in [-0.05, 0) is 19.8 Å². The topological polar surface area (TPSA) is 110 Å². The molecule has 0 saturated carbocycles. The van der Waals surface area contributed by atoms with Crippen LogP contribution in [0.2, 0.25) is 0 Å². The number of hydrogen-bond acceptors (Lipinski definition) is 5. The number of ether oxygens (including phenoxy) is 1. The number of methoxy groups -OCH3 is 1. The molecule has 8 heteroatoms. The van der Waals surface area contributed by atoms with Crippen molar-refractivity contribution in [1.82, 2.24) is 4.72 Å². The van der Waals surface area contributed by atoms with Gasteiger partial charge >= 0.3 is 11.9 Å². The summed E-state index contributed by atoms with van der Waals surface area (Å²) < 4.78 is 29.8. The van der Waals surface area contributed by atoms with Crippen LogP contribution in [0.15, 0.2) is 0 Å². The molecule has 0 aromatic rings. The molecule has 0 aromatic heterocycles. The molecule has 0 aliphatic rings. The Morgan fingerprint density at radius 3 is 2.39 bits per heavy atom. The number of rotatable bonds is 9. The Hall–Kier alpha value is -1.15. The second kappa shape index (κ2) is 8.04. The van der Waals surface area contributed by atoms with Crippen LogP contribution in [0.4, 0.5) is 0 Å². The van der Waals surface area contributed by atoms with Crippen LogP contribution in [0.5, 0.6) is 0 Å². The number of carboxylic acids is 1. The number of carbonyl (C=O) groups is 2. The van der Waals surface area contributed by atoms with Crippen LogP contribution in [-0.4, -0.2) is 44.4 Å². The predicted molar refractivity (Wildman–Crippen MR) is 64.5 cm³/mol. The van der Waals surface area contributed by atoms with E-state index < -0.39 is 27.2 Å². The Bertz CT molecular complexity index is 378. The molecular weight excluding hydrogens is 262 g/mol. The summed E-state index contributed by atoms with van der Waals surface area (Å²) in [5.74, 6) is -1.68. The van der Waals surface area contributed by atoms with E-state index in [0.29, 0.717) is 19.3 Å². The number of carbonyl (C=O) groups excluding carboxylic acids is 1. The van der Waals surface area contributed by atoms with Crippen molar-refractivity contribution in [2.24, 2.45) is 0 Å². The molecule has 0 aliphatic heterocycles. The monoisotopic (exact) mass is 281 g/mol. The fraction of sp³-hybridized carbons (Fsp3) is 0.800. The van der Waals surface area contributed by atoms with Crippen LogP contribution in [0.25, 0.3) is 0 Å². The lowest BCUT2D eigenvalue weighted by atomic mass is 10.2. The molecule has 1 atom stereocenters. The first-order valence-electron chi connectivity index (χ1n) is 5.59. The maximum Gasteiger partial charge on any atom is 0.325 e. The van der Waals surface area contributed by atoms with Crippen molar-refractivity contribution in [3.8, 4) is 0 Å². The van der Waals surface area contributed by atoms with E-state index in [1.807, 2.05) is 0 Å². The van der Waals surface area contributed by atoms with Crippen molar-refractivity contribution >= 4 is 22.0 Å². The Kier molecular flexibility index (Phi) is 7.53. The molecule has 0 amide bonds. The van der Waals surface area contributed by atoms with Gasteiger partial charge in [0.25, 0.3) is 0 Å². The third kappa shape index (κ3) is 6.55. The van der Waals surface area contributed by atoms with E-state index >= 15 is 0 Å². The summed E-state index contributed by atoms with van der Waals surface area (Å²) in [6.45, 7) is 1.43. The summed E-state index contributed by atoms with van der Waals surface area (Å²) in [6, 6.07) is 0. The van der Waals surface area contributed by atoms with Crippen molar-refractivity contribution < 1.29 is 27.9 Å². The highest BCUT2D eigenvalue weighted by molar-refractivity contribution is 7.90. The number of carboxylic acid groups (broad SMARTS) is 1. The highest BCUT2D eigenvalue weighted by Gasteiger charge is 2.27. The first-order valence-corrected chi connectivity index (χ1v) is 7.14. The third-order valence-corrected chi connectivity index (χ3v) is 4.10. The second-order valence-corrected chi connectivity index (χ2v) is 5.89. The van der Waals surface area contributed by atoms with Crippen molar-refractivity contribution in [2.75, 3.05) is 13.7 Å². The van der Waals surface area contributed by atoms with E-state index in [0.717, 1.165) is 7.11 Å². The van der Waals surface area contributed by atoms with Gasteiger partial charge in [0.05, 0.1) is 7.11 Å². The Balaban J connectivity index is 3.91. The molecule has 106 valence electrons. The molecule has 1 unspecified atom stereocenters. The highest BCUT2D eigenvalue weighted by atomic mass is 32.2. The summed E-state index contributed by atoms with van der Waals surface area (Å²) in [7, 11) is -2.59. The maximum atomic E-state index is 11.6. The van der Waals surface area contributed by atoms with Crippen LogP contribution < -0.4 is 4.72 Å². The SMILES string of the molecule is COC(=O)C(C)S(=O)(=O)NCCCCCC(=O)O. The molecule has 0 spiro atoms. The quantitative estimate of drug-likeness (QED) is 0.458. The summed E-state index contributed by atoms with van der Waals surface area (Å²) in [4.78, 5) is 21.3. The molecule has 18 heavy (non-hydrogen) atoms. The lowest BCUT2D eigenvalue weighted by molar-refractivity contribution is -0.140. The minimum atomic E-state index is -3.72. The first kappa shape index (κ1) is 16.9. The molecule has 0 heterocycles. The van der Waals surface area contributed by atoms with Crippen molar-refractivity contribution in [2.45, 2.75) is 37.9 Å². The molecule has 0 radical (unpaired) electrons. The molecule has 0 fully saturated rings. The second-order valence-electron chi connectivity index (χ2n) is 3.81. The average Bonchev–Trinajstić information content (AvgIpc) is 2.31. The van der Waals surface area contributed by atoms with Gasteiger partial charge in [-0.25, -0.2) is 13.1 Å². The zero-order valence-corrected chi connectivity index (χ0v) is 11.3. The van der Waals surface area contributed by atoms with Gasteiger partial charge in [-0.1, -0.05) is 6.42 Å². The number of hydrogen-bond donors (Lipinski definition) is 2. The van der Waals surface area contributed by atoms with E-state index in [1.165, 1.54) is 6.92 Å². The first-order chi connectivity index (χ1) is 8.31. The maximum absolute atomic E-state index is 11.6. The summed E-state index contributed by atoms with van der Waals surface area (Å²) in [5, 5.41) is 7.15. The standard InChI is InChI=1S/C10H19NO6S/c1-8(10(14)17-2)18(15,16)11-7-5-3-4-6-9(12)13/h8,11H,3-7H2,1-2H3,(H,12,13). The molecule has 0 aliphatic carbocycles. The predicted octanol–water partition coefficient (Wildman–Crippen LogP) is 0.112. The molecule has 0 bridgehead atoms. The van der Waals surface area contributed by atoms with Crippen LogP contribution in [0.3, 0.4) is 0 Å². The molecule has 0 rings (SSSR count). The molecule has 7 nitrogen and oxygen atoms in total. The lowest BCUT2D eigenvalue weighted by Crippen LogP contribution is -2.38. The van der Waals surface area contributed by atoms with Crippen molar-refractivity contribution in [3.05, 3.63) is 0 Å². The number of esters is 1. The summed E-state index contributed by atoms with van der Waals surface area (Å²) in [6.07, 6.45) is 1.72. The van der Waals surface area contributed by atoms with Crippen molar-refractivity contribution in [1.29, 1.82) is 0 Å². The number of unbranched alkanes of at least 4 members (excludes halogenated alkanes) is 2. The van der Waals surface area contributed by atoms with Gasteiger partial charge in [0, 0.05) is 13.0 Å². The number of sulfonamides is 1. The molecular formula is C10H19NO6S. The lowest BCUT2D eigenvalue weighted by Gasteiger charge is -2.11. The highest BCUT2D eigenvalue weighted by Crippen LogP contribution is 2.03. The van der Waals surface area contributed by atoms with Gasteiger partial charge in [-0.3, -0.25) is 9.59 Å². The van der Waals surface area contributed by atoms with Crippen LogP contribution in [-0.2, 0) is 24.3 Å². The molecule has 0 aromatic carbocycles. The van der Waals surface area contributed by atoms with Gasteiger partial charge < -0.3 is 9.84 Å². The Morgan fingerprint density at radius 1 is 1.28 bits per heavy atom. The van der Waals surface area contributed by atoms with Gasteiger partial charge in [0.1, 0.15) is 0 Å². The summed E-state index contributed by atoms with van der Waals surface area (Å²) in [5.41, 5.74) is 0. The summed E-state index contributed by atoms with van der Waals surface area (Å²) >= 11 is 0. The average molecular weight is 281 g/mol. The largest absolute Gasteiger partial charge is 0.481 e. The van der Waals surface area contributed by atoms with Crippen LogP contribution in [0, 0.1) is 0 Å².